The summed E-state index contributed by atoms with van der Waals surface area (Å²) < 4.78 is 2.70. The van der Waals surface area contributed by atoms with E-state index in [9.17, 15) is 4.79 Å². The van der Waals surface area contributed by atoms with Crippen molar-refractivity contribution in [2.75, 3.05) is 0 Å². The molecule has 0 fully saturated rings. The number of carbonyl (C=O) groups is 1. The summed E-state index contributed by atoms with van der Waals surface area (Å²) in [6, 6.07) is 7.56. The molecule has 0 atom stereocenters. The van der Waals surface area contributed by atoms with Crippen molar-refractivity contribution in [2.45, 2.75) is 19.8 Å². The van der Waals surface area contributed by atoms with Crippen LogP contribution < -0.4 is 0 Å². The molecule has 5 nitrogen and oxygen atoms in total. The predicted molar refractivity (Wildman–Crippen MR) is 82.9 cm³/mol. The largest absolute Gasteiger partial charge is 0.476 e. The van der Waals surface area contributed by atoms with Crippen LogP contribution in [-0.2, 0) is 7.05 Å². The Morgan fingerprint density at radius 1 is 1.33 bits per heavy atom. The molecule has 1 N–H and O–H groups in total. The van der Waals surface area contributed by atoms with Crippen LogP contribution in [0.3, 0.4) is 0 Å². The van der Waals surface area contributed by atoms with Gasteiger partial charge in [-0.2, -0.15) is 5.10 Å². The van der Waals surface area contributed by atoms with E-state index < -0.39 is 5.97 Å². The first-order valence-corrected chi connectivity index (χ1v) is 7.45. The Balaban J connectivity index is 2.10. The third-order valence-corrected chi connectivity index (χ3v) is 4.61. The van der Waals surface area contributed by atoms with E-state index >= 15 is 0 Å². The Labute approximate surface area is 125 Å². The Hall–Kier alpha value is -2.21. The first-order chi connectivity index (χ1) is 9.95. The van der Waals surface area contributed by atoms with Crippen LogP contribution in [0.2, 0.25) is 0 Å². The van der Waals surface area contributed by atoms with Crippen molar-refractivity contribution in [3.63, 3.8) is 0 Å². The van der Waals surface area contributed by atoms with Gasteiger partial charge in [0.1, 0.15) is 0 Å². The topological polar surface area (TPSA) is 68.0 Å². The van der Waals surface area contributed by atoms with Crippen LogP contribution in [0.15, 0.2) is 24.3 Å². The lowest BCUT2D eigenvalue weighted by atomic mass is 10.1. The zero-order valence-corrected chi connectivity index (χ0v) is 12.8. The molecule has 3 aromatic rings. The number of benzene rings is 1. The van der Waals surface area contributed by atoms with Crippen LogP contribution in [0.4, 0.5) is 0 Å². The van der Waals surface area contributed by atoms with Gasteiger partial charge in [-0.1, -0.05) is 19.9 Å². The van der Waals surface area contributed by atoms with Gasteiger partial charge in [-0.15, -0.1) is 11.3 Å². The summed E-state index contributed by atoms with van der Waals surface area (Å²) in [6.07, 6.45) is 0. The molecule has 0 aliphatic heterocycles. The van der Waals surface area contributed by atoms with Crippen molar-refractivity contribution in [3.05, 3.63) is 35.0 Å². The molecule has 3 rings (SSSR count). The Morgan fingerprint density at radius 3 is 2.71 bits per heavy atom. The number of aromatic nitrogens is 3. The van der Waals surface area contributed by atoms with E-state index in [1.54, 1.807) is 29.1 Å². The monoisotopic (exact) mass is 301 g/mol. The molecule has 0 aliphatic carbocycles. The van der Waals surface area contributed by atoms with Crippen LogP contribution in [0.25, 0.3) is 21.5 Å². The highest BCUT2D eigenvalue weighted by molar-refractivity contribution is 7.18. The Kier molecular flexibility index (Phi) is 3.25. The van der Waals surface area contributed by atoms with E-state index in [1.807, 2.05) is 18.2 Å². The molecule has 0 bridgehead atoms. The highest BCUT2D eigenvalue weighted by Crippen LogP contribution is 2.31. The van der Waals surface area contributed by atoms with Crippen LogP contribution in [-0.4, -0.2) is 25.8 Å². The predicted octanol–water partition coefficient (Wildman–Crippen LogP) is 3.52. The minimum Gasteiger partial charge on any atom is -0.476 e. The molecule has 0 aliphatic rings. The minimum absolute atomic E-state index is 0.0553. The van der Waals surface area contributed by atoms with Gasteiger partial charge < -0.3 is 5.11 Å². The molecule has 1 aromatic carbocycles. The Bertz CT molecular complexity index is 833. The molecule has 0 radical (unpaired) electrons. The molecule has 21 heavy (non-hydrogen) atoms. The van der Waals surface area contributed by atoms with Gasteiger partial charge in [-0.25, -0.2) is 9.78 Å². The van der Waals surface area contributed by atoms with E-state index in [4.69, 9.17) is 5.11 Å². The standard InChI is InChI=1S/C15H15N3O2S/c1-8(2)14-16-10-5-4-9(6-13(10)21-14)12-7-11(15(19)20)17-18(12)3/h4-8H,1-3H3,(H,19,20). The van der Waals surface area contributed by atoms with E-state index in [-0.39, 0.29) is 5.69 Å². The molecule has 2 aromatic heterocycles. The van der Waals surface area contributed by atoms with Crippen LogP contribution >= 0.6 is 11.3 Å². The highest BCUT2D eigenvalue weighted by Gasteiger charge is 2.14. The number of hydrogen-bond donors (Lipinski definition) is 1. The van der Waals surface area contributed by atoms with Crippen molar-refractivity contribution >= 4 is 27.5 Å². The fourth-order valence-electron chi connectivity index (χ4n) is 2.19. The molecule has 0 spiro atoms. The minimum atomic E-state index is -1.02. The third kappa shape index (κ3) is 2.42. The molecular weight excluding hydrogens is 286 g/mol. The smallest absolute Gasteiger partial charge is 0.356 e. The molecule has 0 saturated heterocycles. The van der Waals surface area contributed by atoms with Gasteiger partial charge >= 0.3 is 5.97 Å². The second kappa shape index (κ2) is 4.96. The van der Waals surface area contributed by atoms with E-state index in [1.165, 1.54) is 0 Å². The van der Waals surface area contributed by atoms with Gasteiger partial charge in [-0.05, 0) is 18.2 Å². The number of nitrogens with zero attached hydrogens (tertiary/aromatic N) is 3. The van der Waals surface area contributed by atoms with Gasteiger partial charge in [0.2, 0.25) is 0 Å². The lowest BCUT2D eigenvalue weighted by Gasteiger charge is -2.01. The summed E-state index contributed by atoms with van der Waals surface area (Å²) in [5.74, 6) is -0.612. The average Bonchev–Trinajstić information content (AvgIpc) is 3.01. The van der Waals surface area contributed by atoms with E-state index in [0.717, 1.165) is 26.5 Å². The number of carboxylic acids is 1. The van der Waals surface area contributed by atoms with Crippen LogP contribution in [0, 0.1) is 0 Å². The quantitative estimate of drug-likeness (QED) is 0.803. The van der Waals surface area contributed by atoms with Crippen molar-refractivity contribution in [1.29, 1.82) is 0 Å². The number of thiazole rings is 1. The second-order valence-corrected chi connectivity index (χ2v) is 6.30. The molecule has 0 saturated carbocycles. The summed E-state index contributed by atoms with van der Waals surface area (Å²) >= 11 is 1.68. The molecule has 0 unspecified atom stereocenters. The first-order valence-electron chi connectivity index (χ1n) is 6.64. The zero-order chi connectivity index (χ0) is 15.1. The van der Waals surface area contributed by atoms with Crippen molar-refractivity contribution < 1.29 is 9.90 Å². The van der Waals surface area contributed by atoms with Gasteiger partial charge in [0, 0.05) is 18.5 Å². The van der Waals surface area contributed by atoms with Crippen LogP contribution in [0.5, 0.6) is 0 Å². The maximum atomic E-state index is 11.0. The Morgan fingerprint density at radius 2 is 2.10 bits per heavy atom. The molecule has 0 amide bonds. The maximum Gasteiger partial charge on any atom is 0.356 e. The number of carboxylic acid groups (broad SMARTS) is 1. The van der Waals surface area contributed by atoms with Crippen LogP contribution in [0.1, 0.15) is 35.3 Å². The zero-order valence-electron chi connectivity index (χ0n) is 12.0. The third-order valence-electron chi connectivity index (χ3n) is 3.29. The second-order valence-electron chi connectivity index (χ2n) is 5.23. The number of aromatic carboxylic acids is 1. The first kappa shape index (κ1) is 13.8. The average molecular weight is 301 g/mol. The van der Waals surface area contributed by atoms with Gasteiger partial charge in [0.05, 0.1) is 20.9 Å². The fourth-order valence-corrected chi connectivity index (χ4v) is 3.20. The fraction of sp³-hybridized carbons (Fsp3) is 0.267. The summed E-state index contributed by atoms with van der Waals surface area (Å²) in [7, 11) is 1.75. The van der Waals surface area contributed by atoms with Crippen molar-refractivity contribution in [2.24, 2.45) is 7.05 Å². The summed E-state index contributed by atoms with van der Waals surface area (Å²) in [6.45, 7) is 4.25. The van der Waals surface area contributed by atoms with Crippen molar-refractivity contribution in [1.82, 2.24) is 14.8 Å². The normalized spacial score (nSPS) is 11.4. The summed E-state index contributed by atoms with van der Waals surface area (Å²) in [4.78, 5) is 15.6. The number of fused-ring (bicyclic) bond motifs is 1. The molecule has 108 valence electrons. The van der Waals surface area contributed by atoms with Crippen molar-refractivity contribution in [3.8, 4) is 11.3 Å². The lowest BCUT2D eigenvalue weighted by molar-refractivity contribution is 0.0689. The maximum absolute atomic E-state index is 11.0. The number of rotatable bonds is 3. The van der Waals surface area contributed by atoms with Gasteiger partial charge in [0.25, 0.3) is 0 Å². The van der Waals surface area contributed by atoms with E-state index in [0.29, 0.717) is 5.92 Å². The van der Waals surface area contributed by atoms with Gasteiger partial charge in [-0.3, -0.25) is 4.68 Å². The summed E-state index contributed by atoms with van der Waals surface area (Å²) in [5, 5.41) is 14.1. The molecule has 6 heteroatoms. The molecule has 2 heterocycles. The molecular formula is C15H15N3O2S. The SMILES string of the molecule is CC(C)c1nc2ccc(-c3cc(C(=O)O)nn3C)cc2s1. The van der Waals surface area contributed by atoms with Gasteiger partial charge in [0.15, 0.2) is 5.69 Å². The lowest BCUT2D eigenvalue weighted by Crippen LogP contribution is -1.99. The highest BCUT2D eigenvalue weighted by atomic mass is 32.1. The van der Waals surface area contributed by atoms with E-state index in [2.05, 4.69) is 23.9 Å². The number of hydrogen-bond acceptors (Lipinski definition) is 4. The summed E-state index contributed by atoms with van der Waals surface area (Å²) in [5.41, 5.74) is 2.77. The number of aryl methyl sites for hydroxylation is 1.